The number of nitrogens with zero attached hydrogens (tertiary/aromatic N) is 2. The van der Waals surface area contributed by atoms with Crippen LogP contribution in [0.2, 0.25) is 0 Å². The number of oxazole rings is 2. The van der Waals surface area contributed by atoms with Gasteiger partial charge < -0.3 is 27.6 Å². The van der Waals surface area contributed by atoms with E-state index in [0.717, 1.165) is 43.7 Å². The van der Waals surface area contributed by atoms with Crippen molar-refractivity contribution in [2.24, 2.45) is 0 Å². The molecule has 6 aromatic rings. The van der Waals surface area contributed by atoms with Gasteiger partial charge in [-0.3, -0.25) is 0 Å². The molecule has 0 radical (unpaired) electrons. The van der Waals surface area contributed by atoms with Crippen molar-refractivity contribution in [3.8, 4) is 34.4 Å². The number of halogens is 3. The van der Waals surface area contributed by atoms with Crippen molar-refractivity contribution >= 4 is 95.8 Å². The summed E-state index contributed by atoms with van der Waals surface area (Å²) in [4.78, 5) is 32.4. The zero-order chi connectivity index (χ0) is 39.4. The molecule has 6 rings (SSSR count). The van der Waals surface area contributed by atoms with Crippen molar-refractivity contribution in [3.63, 3.8) is 0 Å². The number of ether oxygens (including phenoxy) is 2. The highest BCUT2D eigenvalue weighted by Gasteiger charge is 2.22. The number of hydrogen-bond donors (Lipinski definition) is 1. The van der Waals surface area contributed by atoms with Gasteiger partial charge in [-0.1, -0.05) is 44.0 Å². The number of aromatic hydroxyl groups is 1. The fourth-order valence-electron chi connectivity index (χ4n) is 4.60. The van der Waals surface area contributed by atoms with Gasteiger partial charge in [0.25, 0.3) is 0 Å². The Morgan fingerprint density at radius 2 is 1.15 bits per heavy atom. The monoisotopic (exact) mass is 914 g/mol. The standard InChI is InChI=1S/C17H14BrNO6S.C16H12BrNO4.CH3ClO2S/c1-9-10(5-4-6-12(9)18)16-19-13-7-11(17(20)23-2)14(8-15(13)24-16)25-26(3,21)22;1-8-9(4-3-5-11(8)17)15-18-12-6-10(16(20)21-2)13(19)7-14(12)22-15;1-5(2,3)4/h4-8H,1-3H3;3-7,19H,1-2H3;1H3. The van der Waals surface area contributed by atoms with E-state index in [4.69, 9.17) is 13.0 Å². The van der Waals surface area contributed by atoms with Gasteiger partial charge in [0.05, 0.1) is 26.7 Å². The summed E-state index contributed by atoms with van der Waals surface area (Å²) in [5.41, 5.74) is 5.06. The molecule has 1 N–H and O–H groups in total. The lowest BCUT2D eigenvalue weighted by Gasteiger charge is -2.07. The molecule has 0 saturated heterocycles. The van der Waals surface area contributed by atoms with Gasteiger partial charge in [0.15, 0.2) is 16.9 Å². The maximum atomic E-state index is 12.0. The average Bonchev–Trinajstić information content (AvgIpc) is 3.68. The highest BCUT2D eigenvalue weighted by Crippen LogP contribution is 2.35. The molecular formula is C34H29Br2ClN2O12S2. The Bertz CT molecular complexity index is 2580. The van der Waals surface area contributed by atoms with Gasteiger partial charge in [-0.25, -0.2) is 28.0 Å². The topological polar surface area (TPSA) is 202 Å². The number of esters is 2. The van der Waals surface area contributed by atoms with E-state index in [2.05, 4.69) is 62.0 Å². The molecule has 53 heavy (non-hydrogen) atoms. The second kappa shape index (κ2) is 16.7. The maximum absolute atomic E-state index is 12.0. The predicted octanol–water partition coefficient (Wildman–Crippen LogP) is 7.93. The van der Waals surface area contributed by atoms with Crippen LogP contribution in [-0.4, -0.2) is 70.6 Å². The Labute approximate surface area is 324 Å². The Hall–Kier alpha value is -4.49. The Morgan fingerprint density at radius 3 is 1.58 bits per heavy atom. The summed E-state index contributed by atoms with van der Waals surface area (Å²) in [5, 5.41) is 9.89. The molecule has 0 fully saturated rings. The zero-order valence-corrected chi connectivity index (χ0v) is 34.1. The molecule has 0 atom stereocenters. The second-order valence-electron chi connectivity index (χ2n) is 11.0. The van der Waals surface area contributed by atoms with E-state index in [1.54, 1.807) is 0 Å². The number of rotatable bonds is 6. The molecule has 0 aliphatic carbocycles. The normalized spacial score (nSPS) is 11.3. The van der Waals surface area contributed by atoms with Gasteiger partial charge in [0.2, 0.25) is 20.8 Å². The first-order valence-corrected chi connectivity index (χ1v) is 20.9. The maximum Gasteiger partial charge on any atom is 0.341 e. The number of phenolic OH excluding ortho intramolecular Hbond substituents is 1. The van der Waals surface area contributed by atoms with Gasteiger partial charge in [-0.2, -0.15) is 8.42 Å². The van der Waals surface area contributed by atoms with Crippen LogP contribution in [0.5, 0.6) is 11.5 Å². The zero-order valence-electron chi connectivity index (χ0n) is 28.6. The smallest absolute Gasteiger partial charge is 0.341 e. The number of hydrogen-bond acceptors (Lipinski definition) is 14. The molecule has 14 nitrogen and oxygen atoms in total. The van der Waals surface area contributed by atoms with Gasteiger partial charge in [0.1, 0.15) is 27.9 Å². The SMILES string of the molecule is COC(=O)c1cc2nc(-c3cccc(Br)c3C)oc2cc1O.COC(=O)c1cc2nc(-c3cccc(Br)c3C)oc2cc1OS(C)(=O)=O.CS(=O)(=O)Cl. The van der Waals surface area contributed by atoms with Gasteiger partial charge in [-0.15, -0.1) is 0 Å². The minimum Gasteiger partial charge on any atom is -0.507 e. The summed E-state index contributed by atoms with van der Waals surface area (Å²) < 4.78 is 69.3. The van der Waals surface area contributed by atoms with Gasteiger partial charge >= 0.3 is 22.1 Å². The third kappa shape index (κ3) is 10.6. The number of methoxy groups -OCH3 is 2. The van der Waals surface area contributed by atoms with Crippen LogP contribution in [0.3, 0.4) is 0 Å². The fraction of sp³-hybridized carbons (Fsp3) is 0.176. The average molecular weight is 917 g/mol. The summed E-state index contributed by atoms with van der Waals surface area (Å²) in [6.07, 6.45) is 1.81. The first kappa shape index (κ1) is 41.3. The van der Waals surface area contributed by atoms with Crippen LogP contribution in [0.4, 0.5) is 0 Å². The Kier molecular flexibility index (Phi) is 13.0. The van der Waals surface area contributed by atoms with Crippen molar-refractivity contribution in [2.45, 2.75) is 13.8 Å². The minimum absolute atomic E-state index is 0.0563. The van der Waals surface area contributed by atoms with Crippen LogP contribution in [0.15, 0.2) is 78.4 Å². The molecule has 2 heterocycles. The van der Waals surface area contributed by atoms with Crippen molar-refractivity contribution in [1.29, 1.82) is 0 Å². The van der Waals surface area contributed by atoms with Crippen LogP contribution in [0.25, 0.3) is 45.1 Å². The van der Waals surface area contributed by atoms with E-state index in [1.807, 2.05) is 50.2 Å². The molecule has 2 aromatic heterocycles. The molecule has 0 aliphatic rings. The molecule has 0 spiro atoms. The lowest BCUT2D eigenvalue weighted by atomic mass is 10.1. The van der Waals surface area contributed by atoms with E-state index >= 15 is 0 Å². The first-order chi connectivity index (χ1) is 24.7. The second-order valence-corrected chi connectivity index (χ2v) is 17.3. The molecular weight excluding hydrogens is 888 g/mol. The summed E-state index contributed by atoms with van der Waals surface area (Å²) >= 11 is 6.92. The molecule has 19 heteroatoms. The predicted molar refractivity (Wildman–Crippen MR) is 204 cm³/mol. The highest BCUT2D eigenvalue weighted by molar-refractivity contribution is 9.10. The molecule has 0 amide bonds. The summed E-state index contributed by atoms with van der Waals surface area (Å²) in [6.45, 7) is 3.86. The van der Waals surface area contributed by atoms with Crippen molar-refractivity contribution < 1.29 is 54.0 Å². The molecule has 4 aromatic carbocycles. The summed E-state index contributed by atoms with van der Waals surface area (Å²) in [5.74, 6) is -0.980. The first-order valence-electron chi connectivity index (χ1n) is 14.8. The molecule has 0 unspecified atom stereocenters. The Morgan fingerprint density at radius 1 is 0.736 bits per heavy atom. The van der Waals surface area contributed by atoms with Crippen molar-refractivity contribution in [2.75, 3.05) is 26.7 Å². The molecule has 280 valence electrons. The number of benzene rings is 4. The number of carbonyl (C=O) groups is 2. The molecule has 0 bridgehead atoms. The van der Waals surface area contributed by atoms with Crippen LogP contribution < -0.4 is 4.18 Å². The van der Waals surface area contributed by atoms with E-state index < -0.39 is 31.1 Å². The number of phenols is 1. The molecule has 0 saturated carbocycles. The van der Waals surface area contributed by atoms with Crippen LogP contribution >= 0.6 is 42.5 Å². The summed E-state index contributed by atoms with van der Waals surface area (Å²) in [6, 6.07) is 16.8. The van der Waals surface area contributed by atoms with Crippen molar-refractivity contribution in [1.82, 2.24) is 9.97 Å². The highest BCUT2D eigenvalue weighted by atomic mass is 79.9. The fourth-order valence-corrected chi connectivity index (χ4v) is 5.80. The van der Waals surface area contributed by atoms with E-state index in [0.29, 0.717) is 28.4 Å². The largest absolute Gasteiger partial charge is 0.507 e. The minimum atomic E-state index is -3.84. The van der Waals surface area contributed by atoms with Gasteiger partial charge in [-0.05, 0) is 61.4 Å². The quantitative estimate of drug-likeness (QED) is 0.0958. The van der Waals surface area contributed by atoms with E-state index in [9.17, 15) is 31.5 Å². The van der Waals surface area contributed by atoms with Crippen LogP contribution in [0, 0.1) is 13.8 Å². The summed E-state index contributed by atoms with van der Waals surface area (Å²) in [7, 11) is -0.0906. The lowest BCUT2D eigenvalue weighted by molar-refractivity contribution is 0.0589. The third-order valence-corrected chi connectivity index (χ3v) is 9.24. The number of fused-ring (bicyclic) bond motifs is 2. The van der Waals surface area contributed by atoms with E-state index in [1.165, 1.54) is 38.5 Å². The lowest BCUT2D eigenvalue weighted by Crippen LogP contribution is -2.11. The van der Waals surface area contributed by atoms with Gasteiger partial charge in [0, 0.05) is 42.9 Å². The number of aromatic nitrogens is 2. The van der Waals surface area contributed by atoms with Crippen LogP contribution in [-0.2, 0) is 28.6 Å². The van der Waals surface area contributed by atoms with E-state index in [-0.39, 0.29) is 28.2 Å². The Balaban J connectivity index is 0.000000212. The van der Waals surface area contributed by atoms with Crippen molar-refractivity contribution in [3.05, 3.63) is 91.9 Å². The third-order valence-electron chi connectivity index (χ3n) is 7.04. The molecule has 0 aliphatic heterocycles. The van der Waals surface area contributed by atoms with Crippen LogP contribution in [0.1, 0.15) is 31.8 Å². The number of carbonyl (C=O) groups excluding carboxylic acids is 2.